The molecule has 2 heterocycles. The minimum atomic E-state index is 0.405. The lowest BCUT2D eigenvalue weighted by Crippen LogP contribution is -2.50. The van der Waals surface area contributed by atoms with Crippen LogP contribution in [0, 0.1) is 11.8 Å². The SMILES string of the molecule is O=C(CC1CC1)C1CC2CCCC(C1)N2. The lowest BCUT2D eigenvalue weighted by atomic mass is 9.77. The fraction of sp³-hybridized carbons (Fsp3) is 0.923. The number of piperidine rings is 2. The molecule has 0 amide bonds. The van der Waals surface area contributed by atoms with Gasteiger partial charge in [-0.3, -0.25) is 4.79 Å². The van der Waals surface area contributed by atoms with Gasteiger partial charge in [-0.05, 0) is 44.4 Å². The molecule has 2 nitrogen and oxygen atoms in total. The Morgan fingerprint density at radius 1 is 1.07 bits per heavy atom. The molecule has 1 N–H and O–H groups in total. The van der Waals surface area contributed by atoms with Crippen molar-refractivity contribution in [2.24, 2.45) is 11.8 Å². The second-order valence-corrected chi connectivity index (χ2v) is 5.77. The highest BCUT2D eigenvalue weighted by Gasteiger charge is 2.36. The summed E-state index contributed by atoms with van der Waals surface area (Å²) in [5.74, 6) is 1.75. The molecule has 2 atom stereocenters. The Balaban J connectivity index is 1.58. The number of ketones is 1. The lowest BCUT2D eigenvalue weighted by Gasteiger charge is -2.39. The van der Waals surface area contributed by atoms with Crippen molar-refractivity contribution in [3.63, 3.8) is 0 Å². The number of hydrogen-bond acceptors (Lipinski definition) is 2. The zero-order chi connectivity index (χ0) is 10.3. The first-order valence-electron chi connectivity index (χ1n) is 6.60. The first-order valence-corrected chi connectivity index (χ1v) is 6.60. The quantitative estimate of drug-likeness (QED) is 0.769. The minimum absolute atomic E-state index is 0.405. The molecule has 3 fully saturated rings. The van der Waals surface area contributed by atoms with Gasteiger partial charge in [0.2, 0.25) is 0 Å². The van der Waals surface area contributed by atoms with E-state index in [2.05, 4.69) is 5.32 Å². The Hall–Kier alpha value is -0.370. The molecule has 2 aliphatic heterocycles. The third-order valence-electron chi connectivity index (χ3n) is 4.36. The Morgan fingerprint density at radius 2 is 1.73 bits per heavy atom. The monoisotopic (exact) mass is 207 g/mol. The van der Waals surface area contributed by atoms with Crippen LogP contribution < -0.4 is 5.32 Å². The van der Waals surface area contributed by atoms with E-state index in [4.69, 9.17) is 0 Å². The molecule has 3 rings (SSSR count). The number of rotatable bonds is 3. The number of hydrogen-bond donors (Lipinski definition) is 1. The van der Waals surface area contributed by atoms with Crippen molar-refractivity contribution in [2.45, 2.75) is 63.5 Å². The van der Waals surface area contributed by atoms with Gasteiger partial charge in [0.1, 0.15) is 5.78 Å². The predicted octanol–water partition coefficient (Wildman–Crippen LogP) is 2.28. The average Bonchev–Trinajstić information content (AvgIpc) is 3.01. The fourth-order valence-corrected chi connectivity index (χ4v) is 3.30. The van der Waals surface area contributed by atoms with E-state index in [9.17, 15) is 4.79 Å². The van der Waals surface area contributed by atoms with E-state index in [-0.39, 0.29) is 0 Å². The van der Waals surface area contributed by atoms with E-state index in [0.717, 1.165) is 25.2 Å². The summed E-state index contributed by atoms with van der Waals surface area (Å²) in [5, 5.41) is 3.65. The maximum atomic E-state index is 12.1. The molecule has 0 aromatic carbocycles. The molecule has 0 aromatic rings. The topological polar surface area (TPSA) is 29.1 Å². The molecule has 0 aromatic heterocycles. The van der Waals surface area contributed by atoms with Gasteiger partial charge in [-0.15, -0.1) is 0 Å². The van der Waals surface area contributed by atoms with E-state index in [1.54, 1.807) is 0 Å². The van der Waals surface area contributed by atoms with Gasteiger partial charge in [-0.2, -0.15) is 0 Å². The normalized spacial score (nSPS) is 40.1. The van der Waals surface area contributed by atoms with Gasteiger partial charge < -0.3 is 5.32 Å². The molecular weight excluding hydrogens is 186 g/mol. The number of nitrogens with one attached hydrogen (secondary N) is 1. The van der Waals surface area contributed by atoms with Crippen molar-refractivity contribution in [1.82, 2.24) is 5.32 Å². The van der Waals surface area contributed by atoms with Gasteiger partial charge in [0.05, 0.1) is 0 Å². The first kappa shape index (κ1) is 9.83. The van der Waals surface area contributed by atoms with Crippen molar-refractivity contribution >= 4 is 5.78 Å². The van der Waals surface area contributed by atoms with Crippen molar-refractivity contribution in [1.29, 1.82) is 0 Å². The van der Waals surface area contributed by atoms with Crippen LogP contribution in [0.1, 0.15) is 51.4 Å². The van der Waals surface area contributed by atoms with E-state index < -0.39 is 0 Å². The third kappa shape index (κ3) is 2.25. The summed E-state index contributed by atoms with van der Waals surface area (Å²) in [6.07, 6.45) is 9.72. The first-order chi connectivity index (χ1) is 7.31. The van der Waals surface area contributed by atoms with Crippen LogP contribution in [0.25, 0.3) is 0 Å². The van der Waals surface area contributed by atoms with Crippen LogP contribution in [0.3, 0.4) is 0 Å². The molecule has 2 unspecified atom stereocenters. The van der Waals surface area contributed by atoms with E-state index in [1.807, 2.05) is 0 Å². The van der Waals surface area contributed by atoms with Crippen molar-refractivity contribution in [3.8, 4) is 0 Å². The Morgan fingerprint density at radius 3 is 2.33 bits per heavy atom. The zero-order valence-electron chi connectivity index (χ0n) is 9.37. The largest absolute Gasteiger partial charge is 0.311 e. The molecule has 3 aliphatic rings. The molecule has 1 saturated carbocycles. The van der Waals surface area contributed by atoms with Crippen molar-refractivity contribution < 1.29 is 4.79 Å². The van der Waals surface area contributed by atoms with Crippen LogP contribution in [0.2, 0.25) is 0 Å². The highest BCUT2D eigenvalue weighted by molar-refractivity contribution is 5.81. The number of fused-ring (bicyclic) bond motifs is 2. The van der Waals surface area contributed by atoms with Crippen LogP contribution in [0.15, 0.2) is 0 Å². The summed E-state index contributed by atoms with van der Waals surface area (Å²) in [4.78, 5) is 12.1. The summed E-state index contributed by atoms with van der Waals surface area (Å²) >= 11 is 0. The highest BCUT2D eigenvalue weighted by Crippen LogP contribution is 2.36. The Labute approximate surface area is 91.8 Å². The molecule has 15 heavy (non-hydrogen) atoms. The Bertz CT molecular complexity index is 247. The molecule has 2 heteroatoms. The maximum absolute atomic E-state index is 12.1. The molecule has 1 aliphatic carbocycles. The maximum Gasteiger partial charge on any atom is 0.136 e. The lowest BCUT2D eigenvalue weighted by molar-refractivity contribution is -0.125. The summed E-state index contributed by atoms with van der Waals surface area (Å²) in [7, 11) is 0. The van der Waals surface area contributed by atoms with Crippen LogP contribution >= 0.6 is 0 Å². The fourth-order valence-electron chi connectivity index (χ4n) is 3.30. The number of carbonyl (C=O) groups excluding carboxylic acids is 1. The Kier molecular flexibility index (Phi) is 2.55. The summed E-state index contributed by atoms with van der Waals surface area (Å²) < 4.78 is 0. The molecule has 0 spiro atoms. The summed E-state index contributed by atoms with van der Waals surface area (Å²) in [6.45, 7) is 0. The van der Waals surface area contributed by atoms with Gasteiger partial charge in [-0.1, -0.05) is 6.42 Å². The smallest absolute Gasteiger partial charge is 0.136 e. The van der Waals surface area contributed by atoms with Crippen LogP contribution in [-0.4, -0.2) is 17.9 Å². The molecule has 0 radical (unpaired) electrons. The van der Waals surface area contributed by atoms with Gasteiger partial charge in [0.15, 0.2) is 0 Å². The molecule has 2 bridgehead atoms. The number of carbonyl (C=O) groups is 1. The zero-order valence-corrected chi connectivity index (χ0v) is 9.37. The van der Waals surface area contributed by atoms with E-state index in [0.29, 0.717) is 23.8 Å². The van der Waals surface area contributed by atoms with Crippen molar-refractivity contribution in [2.75, 3.05) is 0 Å². The predicted molar refractivity (Wildman–Crippen MR) is 59.6 cm³/mol. The summed E-state index contributed by atoms with van der Waals surface area (Å²) in [5.41, 5.74) is 0. The standard InChI is InChI=1S/C13H21NO/c15-13(6-9-4-5-9)10-7-11-2-1-3-12(8-10)14-11/h9-12,14H,1-8H2. The molecule has 2 saturated heterocycles. The van der Waals surface area contributed by atoms with E-state index in [1.165, 1.54) is 32.1 Å². The van der Waals surface area contributed by atoms with Gasteiger partial charge >= 0.3 is 0 Å². The van der Waals surface area contributed by atoms with Gasteiger partial charge in [-0.25, -0.2) is 0 Å². The highest BCUT2D eigenvalue weighted by atomic mass is 16.1. The third-order valence-corrected chi connectivity index (χ3v) is 4.36. The minimum Gasteiger partial charge on any atom is -0.311 e. The van der Waals surface area contributed by atoms with Gasteiger partial charge in [0, 0.05) is 24.4 Å². The number of Topliss-reactive ketones (excluding diaryl/α,β-unsaturated/α-hetero) is 1. The van der Waals surface area contributed by atoms with E-state index >= 15 is 0 Å². The van der Waals surface area contributed by atoms with Crippen molar-refractivity contribution in [3.05, 3.63) is 0 Å². The van der Waals surface area contributed by atoms with Crippen LogP contribution in [-0.2, 0) is 4.79 Å². The molecular formula is C13H21NO. The second kappa shape index (κ2) is 3.89. The van der Waals surface area contributed by atoms with Crippen LogP contribution in [0.5, 0.6) is 0 Å². The van der Waals surface area contributed by atoms with Crippen LogP contribution in [0.4, 0.5) is 0 Å². The van der Waals surface area contributed by atoms with Gasteiger partial charge in [0.25, 0.3) is 0 Å². The summed E-state index contributed by atoms with van der Waals surface area (Å²) in [6, 6.07) is 1.32. The second-order valence-electron chi connectivity index (χ2n) is 5.77. The molecule has 84 valence electrons. The average molecular weight is 207 g/mol.